The first kappa shape index (κ1) is 23.7. The van der Waals surface area contributed by atoms with Crippen LogP contribution in [0.15, 0.2) is 48.5 Å². The third kappa shape index (κ3) is 6.23. The molecular weight excluding hydrogens is 393 g/mol. The average Bonchev–Trinajstić information content (AvgIpc) is 2.93. The standard InChI is InChI=1S/C22H28N2O2.CHF3/c1-22(2)19-7-5-4-6-17(19)14-20(22)23-18-10-8-16(9-11-18)15-24(3)21(26)12-13-25;2-1(3)4/h4-11,20,23,25H,12-15H2,1-3H3;1H. The minimum Gasteiger partial charge on any atom is -0.396 e. The van der Waals surface area contributed by atoms with Gasteiger partial charge in [-0.2, -0.15) is 13.2 Å². The predicted molar refractivity (Wildman–Crippen MR) is 112 cm³/mol. The van der Waals surface area contributed by atoms with Crippen molar-refractivity contribution in [2.75, 3.05) is 19.0 Å². The summed E-state index contributed by atoms with van der Waals surface area (Å²) in [6.45, 7) is 1.38. The minimum atomic E-state index is -3.67. The van der Waals surface area contributed by atoms with Gasteiger partial charge < -0.3 is 15.3 Å². The fourth-order valence-corrected chi connectivity index (χ4v) is 3.78. The lowest BCUT2D eigenvalue weighted by atomic mass is 9.83. The number of amides is 1. The van der Waals surface area contributed by atoms with Gasteiger partial charge in [-0.3, -0.25) is 4.79 Å². The molecule has 164 valence electrons. The van der Waals surface area contributed by atoms with Crippen LogP contribution in [-0.4, -0.2) is 42.3 Å². The van der Waals surface area contributed by atoms with Gasteiger partial charge in [0.2, 0.25) is 5.91 Å². The highest BCUT2D eigenvalue weighted by molar-refractivity contribution is 5.75. The summed E-state index contributed by atoms with van der Waals surface area (Å²) in [4.78, 5) is 13.4. The number of alkyl halides is 3. The molecule has 1 aliphatic carbocycles. The summed E-state index contributed by atoms with van der Waals surface area (Å²) in [7, 11) is 1.77. The van der Waals surface area contributed by atoms with Gasteiger partial charge in [-0.15, -0.1) is 0 Å². The normalized spacial score (nSPS) is 16.5. The Morgan fingerprint density at radius 3 is 2.33 bits per heavy atom. The number of fused-ring (bicyclic) bond motifs is 1. The van der Waals surface area contributed by atoms with Crippen molar-refractivity contribution in [1.29, 1.82) is 0 Å². The Labute approximate surface area is 175 Å². The Kier molecular flexibility index (Phi) is 8.29. The van der Waals surface area contributed by atoms with Crippen LogP contribution in [0.3, 0.4) is 0 Å². The third-order valence-electron chi connectivity index (χ3n) is 5.47. The van der Waals surface area contributed by atoms with Crippen molar-refractivity contribution < 1.29 is 23.1 Å². The zero-order chi connectivity index (χ0) is 22.3. The van der Waals surface area contributed by atoms with Crippen molar-refractivity contribution >= 4 is 11.6 Å². The van der Waals surface area contributed by atoms with Crippen LogP contribution < -0.4 is 5.32 Å². The minimum absolute atomic E-state index is 0.0415. The van der Waals surface area contributed by atoms with E-state index in [1.807, 2.05) is 0 Å². The molecule has 0 fully saturated rings. The predicted octanol–water partition coefficient (Wildman–Crippen LogP) is 4.52. The summed E-state index contributed by atoms with van der Waals surface area (Å²) < 4.78 is 29.0. The zero-order valence-corrected chi connectivity index (χ0v) is 17.5. The highest BCUT2D eigenvalue weighted by atomic mass is 19.4. The van der Waals surface area contributed by atoms with Crippen LogP contribution in [0.5, 0.6) is 0 Å². The van der Waals surface area contributed by atoms with Gasteiger partial charge in [0, 0.05) is 37.2 Å². The van der Waals surface area contributed by atoms with E-state index in [4.69, 9.17) is 5.11 Å². The number of carbonyl (C=O) groups is 1. The van der Waals surface area contributed by atoms with Crippen molar-refractivity contribution in [3.8, 4) is 0 Å². The first-order chi connectivity index (χ1) is 14.1. The molecule has 4 nitrogen and oxygen atoms in total. The third-order valence-corrected chi connectivity index (χ3v) is 5.47. The number of hydrogen-bond donors (Lipinski definition) is 2. The molecule has 0 aliphatic heterocycles. The first-order valence-electron chi connectivity index (χ1n) is 9.86. The van der Waals surface area contributed by atoms with Gasteiger partial charge in [0.05, 0.1) is 6.61 Å². The molecule has 1 aliphatic rings. The molecule has 0 aromatic heterocycles. The Balaban J connectivity index is 0.000000735. The van der Waals surface area contributed by atoms with Crippen LogP contribution in [0.25, 0.3) is 0 Å². The molecule has 2 aromatic carbocycles. The molecule has 0 saturated carbocycles. The number of aliphatic hydroxyl groups excluding tert-OH is 1. The van der Waals surface area contributed by atoms with E-state index >= 15 is 0 Å². The summed E-state index contributed by atoms with van der Waals surface area (Å²) in [5.41, 5.74) is 5.13. The number of nitrogens with zero attached hydrogens (tertiary/aromatic N) is 1. The zero-order valence-electron chi connectivity index (χ0n) is 17.5. The van der Waals surface area contributed by atoms with E-state index in [1.165, 1.54) is 11.1 Å². The smallest absolute Gasteiger partial charge is 0.379 e. The molecule has 1 atom stereocenters. The number of halogens is 3. The van der Waals surface area contributed by atoms with Gasteiger partial charge in [-0.1, -0.05) is 50.2 Å². The fraction of sp³-hybridized carbons (Fsp3) is 0.435. The monoisotopic (exact) mass is 422 g/mol. The summed E-state index contributed by atoms with van der Waals surface area (Å²) in [6, 6.07) is 17.3. The number of aliphatic hydroxyl groups is 1. The number of anilines is 1. The molecule has 7 heteroatoms. The maximum Gasteiger partial charge on any atom is 0.379 e. The Hall–Kier alpha value is -2.54. The van der Waals surface area contributed by atoms with Gasteiger partial charge in [0.25, 0.3) is 0 Å². The second-order valence-corrected chi connectivity index (χ2v) is 7.95. The number of nitrogens with one attached hydrogen (secondary N) is 1. The lowest BCUT2D eigenvalue weighted by molar-refractivity contribution is -0.131. The molecule has 0 bridgehead atoms. The van der Waals surface area contributed by atoms with E-state index < -0.39 is 6.68 Å². The fourth-order valence-electron chi connectivity index (χ4n) is 3.78. The van der Waals surface area contributed by atoms with Gasteiger partial charge in [-0.05, 0) is 35.2 Å². The highest BCUT2D eigenvalue weighted by Gasteiger charge is 2.38. The molecule has 0 radical (unpaired) electrons. The van der Waals surface area contributed by atoms with E-state index in [0.29, 0.717) is 12.6 Å². The van der Waals surface area contributed by atoms with E-state index in [1.54, 1.807) is 11.9 Å². The van der Waals surface area contributed by atoms with Crippen LogP contribution in [0.4, 0.5) is 18.9 Å². The Bertz CT molecular complexity index is 823. The Morgan fingerprint density at radius 2 is 1.77 bits per heavy atom. The van der Waals surface area contributed by atoms with Gasteiger partial charge in [0.1, 0.15) is 0 Å². The molecule has 30 heavy (non-hydrogen) atoms. The van der Waals surface area contributed by atoms with Gasteiger partial charge in [0.15, 0.2) is 0 Å². The number of carbonyl (C=O) groups excluding carboxylic acids is 1. The van der Waals surface area contributed by atoms with Crippen LogP contribution in [0.2, 0.25) is 0 Å². The molecular formula is C23H29F3N2O2. The summed E-state index contributed by atoms with van der Waals surface area (Å²) in [6.07, 6.45) is 1.21. The summed E-state index contributed by atoms with van der Waals surface area (Å²) in [5.74, 6) is -0.0415. The maximum absolute atomic E-state index is 11.8. The lowest BCUT2D eigenvalue weighted by Crippen LogP contribution is -2.36. The van der Waals surface area contributed by atoms with Crippen molar-refractivity contribution in [1.82, 2.24) is 4.90 Å². The topological polar surface area (TPSA) is 52.6 Å². The lowest BCUT2D eigenvalue weighted by Gasteiger charge is -2.30. The van der Waals surface area contributed by atoms with Crippen LogP contribution >= 0.6 is 0 Å². The second kappa shape index (κ2) is 10.5. The Morgan fingerprint density at radius 1 is 1.17 bits per heavy atom. The average molecular weight is 422 g/mol. The SMILES string of the molecule is CN(Cc1ccc(NC2Cc3ccccc3C2(C)C)cc1)C(=O)CCO.FC(F)F. The first-order valence-corrected chi connectivity index (χ1v) is 9.86. The summed E-state index contributed by atoms with van der Waals surface area (Å²) >= 11 is 0. The van der Waals surface area contributed by atoms with Crippen molar-refractivity contribution in [2.24, 2.45) is 0 Å². The van der Waals surface area contributed by atoms with E-state index in [0.717, 1.165) is 17.7 Å². The molecule has 1 amide bonds. The quantitative estimate of drug-likeness (QED) is 0.720. The van der Waals surface area contributed by atoms with Gasteiger partial charge >= 0.3 is 6.68 Å². The number of benzene rings is 2. The van der Waals surface area contributed by atoms with Crippen LogP contribution in [0.1, 0.15) is 37.0 Å². The van der Waals surface area contributed by atoms with Crippen molar-refractivity contribution in [3.63, 3.8) is 0 Å². The highest BCUT2D eigenvalue weighted by Crippen LogP contribution is 2.39. The molecule has 2 aromatic rings. The van der Waals surface area contributed by atoms with E-state index in [-0.39, 0.29) is 24.3 Å². The molecule has 0 spiro atoms. The largest absolute Gasteiger partial charge is 0.396 e. The number of hydrogen-bond acceptors (Lipinski definition) is 3. The molecule has 3 rings (SSSR count). The molecule has 0 saturated heterocycles. The maximum atomic E-state index is 11.8. The van der Waals surface area contributed by atoms with Gasteiger partial charge in [-0.25, -0.2) is 0 Å². The molecule has 2 N–H and O–H groups in total. The van der Waals surface area contributed by atoms with Crippen LogP contribution in [-0.2, 0) is 23.2 Å². The number of rotatable bonds is 6. The molecule has 0 heterocycles. The molecule has 1 unspecified atom stereocenters. The second-order valence-electron chi connectivity index (χ2n) is 7.95. The van der Waals surface area contributed by atoms with Crippen molar-refractivity contribution in [3.05, 3.63) is 65.2 Å². The van der Waals surface area contributed by atoms with Crippen molar-refractivity contribution in [2.45, 2.75) is 51.4 Å². The van der Waals surface area contributed by atoms with E-state index in [2.05, 4.69) is 67.7 Å². The van der Waals surface area contributed by atoms with E-state index in [9.17, 15) is 18.0 Å². The summed E-state index contributed by atoms with van der Waals surface area (Å²) in [5, 5.41) is 12.6. The van der Waals surface area contributed by atoms with Crippen LogP contribution in [0, 0.1) is 0 Å².